The molecule has 1 atom stereocenters. The van der Waals surface area contributed by atoms with Crippen LogP contribution in [0, 0.1) is 13.8 Å². The summed E-state index contributed by atoms with van der Waals surface area (Å²) < 4.78 is 0. The number of hydrogen-bond donors (Lipinski definition) is 1. The Kier molecular flexibility index (Phi) is 6.88. The van der Waals surface area contributed by atoms with Crippen molar-refractivity contribution >= 4 is 17.7 Å². The van der Waals surface area contributed by atoms with Crippen LogP contribution < -0.4 is 5.32 Å². The predicted octanol–water partition coefficient (Wildman–Crippen LogP) is 3.81. The Bertz CT molecular complexity index is 671. The Balaban J connectivity index is 1.96. The van der Waals surface area contributed by atoms with Gasteiger partial charge in [-0.1, -0.05) is 36.4 Å². The van der Waals surface area contributed by atoms with Gasteiger partial charge in [0.1, 0.15) is 0 Å². The molecule has 1 N–H and O–H groups in total. The van der Waals surface area contributed by atoms with E-state index in [1.807, 2.05) is 32.3 Å². The molecule has 0 aliphatic heterocycles. The molecule has 0 saturated heterocycles. The standard InChI is InChI=1S/C20H26N2OS/c1-15-10-11-18(12-16(15)2)24-14-20(23)21-19(13-22(3)4)17-8-6-5-7-9-17/h5-12,19H,13-14H2,1-4H3,(H,21,23)/t19-/m1/s1. The number of hydrogen-bond acceptors (Lipinski definition) is 3. The molecule has 3 nitrogen and oxygen atoms in total. The van der Waals surface area contributed by atoms with E-state index in [9.17, 15) is 4.79 Å². The van der Waals surface area contributed by atoms with Crippen LogP contribution >= 0.6 is 11.8 Å². The van der Waals surface area contributed by atoms with Gasteiger partial charge in [0.15, 0.2) is 0 Å². The van der Waals surface area contributed by atoms with Crippen molar-refractivity contribution in [3.8, 4) is 0 Å². The molecule has 0 spiro atoms. The maximum absolute atomic E-state index is 12.4. The predicted molar refractivity (Wildman–Crippen MR) is 103 cm³/mol. The van der Waals surface area contributed by atoms with Crippen LogP contribution in [0.4, 0.5) is 0 Å². The van der Waals surface area contributed by atoms with Crippen LogP contribution in [0.3, 0.4) is 0 Å². The highest BCUT2D eigenvalue weighted by Crippen LogP contribution is 2.21. The van der Waals surface area contributed by atoms with Crippen molar-refractivity contribution in [2.24, 2.45) is 0 Å². The highest BCUT2D eigenvalue weighted by molar-refractivity contribution is 8.00. The summed E-state index contributed by atoms with van der Waals surface area (Å²) in [5.74, 6) is 0.494. The Morgan fingerprint density at radius 1 is 1.08 bits per heavy atom. The van der Waals surface area contributed by atoms with E-state index >= 15 is 0 Å². The first-order valence-corrected chi connectivity index (χ1v) is 9.13. The quantitative estimate of drug-likeness (QED) is 0.777. The highest BCUT2D eigenvalue weighted by atomic mass is 32.2. The summed E-state index contributed by atoms with van der Waals surface area (Å²) in [6.45, 7) is 4.98. The first-order valence-electron chi connectivity index (χ1n) is 8.15. The van der Waals surface area contributed by atoms with Crippen LogP contribution in [-0.2, 0) is 4.79 Å². The van der Waals surface area contributed by atoms with Crippen LogP contribution in [0.25, 0.3) is 0 Å². The molecule has 4 heteroatoms. The SMILES string of the molecule is Cc1ccc(SCC(=O)N[C@H](CN(C)C)c2ccccc2)cc1C. The second-order valence-electron chi connectivity index (χ2n) is 6.33. The number of carbonyl (C=O) groups excluding carboxylic acids is 1. The number of nitrogens with one attached hydrogen (secondary N) is 1. The molecule has 0 saturated carbocycles. The molecule has 0 heterocycles. The number of carbonyl (C=O) groups is 1. The average molecular weight is 343 g/mol. The molecule has 2 aromatic carbocycles. The summed E-state index contributed by atoms with van der Waals surface area (Å²) >= 11 is 1.58. The van der Waals surface area contributed by atoms with E-state index in [1.165, 1.54) is 11.1 Å². The number of thioether (sulfide) groups is 1. The zero-order valence-corrected chi connectivity index (χ0v) is 15.7. The van der Waals surface area contributed by atoms with Crippen molar-refractivity contribution in [1.82, 2.24) is 10.2 Å². The molecule has 0 aliphatic rings. The molecule has 2 rings (SSSR count). The van der Waals surface area contributed by atoms with Crippen LogP contribution in [0.15, 0.2) is 53.4 Å². The Morgan fingerprint density at radius 3 is 2.42 bits per heavy atom. The molecule has 0 radical (unpaired) electrons. The fourth-order valence-electron chi connectivity index (χ4n) is 2.47. The van der Waals surface area contributed by atoms with Crippen LogP contribution in [0.1, 0.15) is 22.7 Å². The Labute approximate surface area is 149 Å². The van der Waals surface area contributed by atoms with Gasteiger partial charge < -0.3 is 10.2 Å². The molecule has 0 aromatic heterocycles. The van der Waals surface area contributed by atoms with E-state index in [0.717, 1.165) is 17.0 Å². The van der Waals surface area contributed by atoms with E-state index in [2.05, 4.69) is 54.4 Å². The summed E-state index contributed by atoms with van der Waals surface area (Å²) in [5, 5.41) is 3.16. The van der Waals surface area contributed by atoms with Crippen LogP contribution in [0.2, 0.25) is 0 Å². The van der Waals surface area contributed by atoms with Gasteiger partial charge in [0.25, 0.3) is 0 Å². The number of likely N-dealkylation sites (N-methyl/N-ethyl adjacent to an activating group) is 1. The third-order valence-electron chi connectivity index (χ3n) is 3.93. The molecule has 2 aromatic rings. The van der Waals surface area contributed by atoms with Gasteiger partial charge in [0.2, 0.25) is 5.91 Å². The van der Waals surface area contributed by atoms with Crippen molar-refractivity contribution in [2.45, 2.75) is 24.8 Å². The molecule has 1 amide bonds. The van der Waals surface area contributed by atoms with Gasteiger partial charge in [0.05, 0.1) is 11.8 Å². The van der Waals surface area contributed by atoms with Gasteiger partial charge in [0, 0.05) is 11.4 Å². The topological polar surface area (TPSA) is 32.3 Å². The number of nitrogens with zero attached hydrogens (tertiary/aromatic N) is 1. The Hall–Kier alpha value is -1.78. The average Bonchev–Trinajstić information content (AvgIpc) is 2.56. The minimum atomic E-state index is 0.00838. The monoisotopic (exact) mass is 342 g/mol. The summed E-state index contributed by atoms with van der Waals surface area (Å²) in [5.41, 5.74) is 3.67. The molecule has 128 valence electrons. The van der Waals surface area contributed by atoms with E-state index in [0.29, 0.717) is 5.75 Å². The van der Waals surface area contributed by atoms with Gasteiger partial charge >= 0.3 is 0 Å². The van der Waals surface area contributed by atoms with Crippen LogP contribution in [-0.4, -0.2) is 37.2 Å². The van der Waals surface area contributed by atoms with Gasteiger partial charge in [-0.15, -0.1) is 11.8 Å². The molecular formula is C20H26N2OS. The number of amides is 1. The minimum Gasteiger partial charge on any atom is -0.347 e. The lowest BCUT2D eigenvalue weighted by Crippen LogP contribution is -2.36. The zero-order chi connectivity index (χ0) is 17.5. The first-order chi connectivity index (χ1) is 11.5. The fourth-order valence-corrected chi connectivity index (χ4v) is 3.28. The molecular weight excluding hydrogens is 316 g/mol. The normalized spacial score (nSPS) is 12.2. The maximum Gasteiger partial charge on any atom is 0.230 e. The molecule has 0 aliphatic carbocycles. The van der Waals surface area contributed by atoms with E-state index in [1.54, 1.807) is 11.8 Å². The zero-order valence-electron chi connectivity index (χ0n) is 14.9. The summed E-state index contributed by atoms with van der Waals surface area (Å²) in [4.78, 5) is 15.6. The van der Waals surface area contributed by atoms with Crippen molar-refractivity contribution < 1.29 is 4.79 Å². The second-order valence-corrected chi connectivity index (χ2v) is 7.38. The number of aryl methyl sites for hydroxylation is 2. The van der Waals surface area contributed by atoms with E-state index in [4.69, 9.17) is 0 Å². The highest BCUT2D eigenvalue weighted by Gasteiger charge is 2.15. The largest absolute Gasteiger partial charge is 0.347 e. The van der Waals surface area contributed by atoms with Crippen molar-refractivity contribution in [2.75, 3.05) is 26.4 Å². The second kappa shape index (κ2) is 8.90. The maximum atomic E-state index is 12.4. The van der Waals surface area contributed by atoms with Gasteiger partial charge in [-0.3, -0.25) is 4.79 Å². The van der Waals surface area contributed by atoms with E-state index < -0.39 is 0 Å². The van der Waals surface area contributed by atoms with Crippen LogP contribution in [0.5, 0.6) is 0 Å². The van der Waals surface area contributed by atoms with Crippen molar-refractivity contribution in [3.63, 3.8) is 0 Å². The third-order valence-corrected chi connectivity index (χ3v) is 4.93. The summed E-state index contributed by atoms with van der Waals surface area (Å²) in [6.07, 6.45) is 0. The summed E-state index contributed by atoms with van der Waals surface area (Å²) in [6, 6.07) is 16.5. The van der Waals surface area contributed by atoms with Crippen molar-refractivity contribution in [3.05, 3.63) is 65.2 Å². The lowest BCUT2D eigenvalue weighted by molar-refractivity contribution is -0.119. The van der Waals surface area contributed by atoms with Crippen molar-refractivity contribution in [1.29, 1.82) is 0 Å². The smallest absolute Gasteiger partial charge is 0.230 e. The first kappa shape index (κ1) is 18.6. The van der Waals surface area contributed by atoms with Gasteiger partial charge in [-0.05, 0) is 56.8 Å². The fraction of sp³-hybridized carbons (Fsp3) is 0.350. The lowest BCUT2D eigenvalue weighted by Gasteiger charge is -2.23. The molecule has 0 bridgehead atoms. The molecule has 0 fully saturated rings. The Morgan fingerprint density at radius 2 is 1.79 bits per heavy atom. The third kappa shape index (κ3) is 5.69. The molecule has 24 heavy (non-hydrogen) atoms. The van der Waals surface area contributed by atoms with E-state index in [-0.39, 0.29) is 11.9 Å². The number of benzene rings is 2. The summed E-state index contributed by atoms with van der Waals surface area (Å²) in [7, 11) is 4.04. The van der Waals surface area contributed by atoms with Gasteiger partial charge in [-0.2, -0.15) is 0 Å². The lowest BCUT2D eigenvalue weighted by atomic mass is 10.1. The minimum absolute atomic E-state index is 0.00838. The number of rotatable bonds is 7. The van der Waals surface area contributed by atoms with Gasteiger partial charge in [-0.25, -0.2) is 0 Å². The molecule has 0 unspecified atom stereocenters.